The van der Waals surface area contributed by atoms with E-state index < -0.39 is 26.5 Å². The number of ether oxygens (including phenoxy) is 1. The van der Waals surface area contributed by atoms with Gasteiger partial charge in [0.05, 0.1) is 22.6 Å². The molecule has 0 saturated heterocycles. The minimum Gasteiger partial charge on any atom is -0.497 e. The summed E-state index contributed by atoms with van der Waals surface area (Å²) < 4.78 is 32.4. The Morgan fingerprint density at radius 2 is 1.61 bits per heavy atom. The van der Waals surface area contributed by atoms with Crippen LogP contribution in [0.2, 0.25) is 10.0 Å². The Kier molecular flexibility index (Phi) is 6.49. The zero-order chi connectivity index (χ0) is 22.8. The second-order valence-corrected chi connectivity index (χ2v) is 8.78. The predicted octanol–water partition coefficient (Wildman–Crippen LogP) is 4.95. The fraction of sp³-hybridized carbons (Fsp3) is 0.0500. The lowest BCUT2D eigenvalue weighted by atomic mass is 10.2. The molecule has 1 amide bonds. The Bertz CT molecular complexity index is 1250. The van der Waals surface area contributed by atoms with Crippen molar-refractivity contribution in [3.05, 3.63) is 92.5 Å². The average Bonchev–Trinajstić information content (AvgIpc) is 2.74. The molecule has 160 valence electrons. The number of hydrogen-bond donors (Lipinski definition) is 0. The lowest BCUT2D eigenvalue weighted by Crippen LogP contribution is -2.37. The molecule has 3 rings (SSSR count). The van der Waals surface area contributed by atoms with Crippen molar-refractivity contribution in [3.8, 4) is 5.75 Å². The molecule has 0 aromatic heterocycles. The molecule has 0 heterocycles. The van der Waals surface area contributed by atoms with Crippen LogP contribution in [0.4, 0.5) is 11.4 Å². The van der Waals surface area contributed by atoms with E-state index in [1.807, 2.05) is 0 Å². The maximum Gasteiger partial charge on any atom is 0.288 e. The Balaban J connectivity index is 2.18. The standard InChI is InChI=1S/C20H14Cl2N2O6S/c1-30-16-7-5-15(6-8-16)23(31(28,29)17-9-3-14(21)4-10-17)20(25)13-2-11-18(22)19(12-13)24(26)27/h2-12H,1H3. The third-order valence-corrected chi connectivity index (χ3v) is 6.53. The maximum atomic E-state index is 13.4. The lowest BCUT2D eigenvalue weighted by molar-refractivity contribution is -0.384. The third kappa shape index (κ3) is 4.63. The lowest BCUT2D eigenvalue weighted by Gasteiger charge is -2.23. The minimum atomic E-state index is -4.40. The van der Waals surface area contributed by atoms with Gasteiger partial charge in [-0.25, -0.2) is 8.42 Å². The van der Waals surface area contributed by atoms with Crippen LogP contribution in [0, 0.1) is 10.1 Å². The Hall–Kier alpha value is -3.14. The highest BCUT2D eigenvalue weighted by Crippen LogP contribution is 2.31. The first-order chi connectivity index (χ1) is 14.6. The van der Waals surface area contributed by atoms with Gasteiger partial charge in [0.1, 0.15) is 10.8 Å². The van der Waals surface area contributed by atoms with Gasteiger partial charge in [0.2, 0.25) is 0 Å². The molecule has 0 aliphatic carbocycles. The van der Waals surface area contributed by atoms with Gasteiger partial charge >= 0.3 is 0 Å². The zero-order valence-corrected chi connectivity index (χ0v) is 18.2. The molecular weight excluding hydrogens is 467 g/mol. The summed E-state index contributed by atoms with van der Waals surface area (Å²) in [5.41, 5.74) is -0.742. The van der Waals surface area contributed by atoms with Crippen LogP contribution in [0.5, 0.6) is 5.75 Å². The molecule has 0 fully saturated rings. The van der Waals surface area contributed by atoms with E-state index >= 15 is 0 Å². The van der Waals surface area contributed by atoms with Gasteiger partial charge in [0.25, 0.3) is 21.6 Å². The highest BCUT2D eigenvalue weighted by atomic mass is 35.5. The molecule has 31 heavy (non-hydrogen) atoms. The molecule has 0 radical (unpaired) electrons. The van der Waals surface area contributed by atoms with Crippen LogP contribution in [0.25, 0.3) is 0 Å². The largest absolute Gasteiger partial charge is 0.497 e. The number of amides is 1. The normalized spacial score (nSPS) is 11.1. The first kappa shape index (κ1) is 22.5. The molecule has 0 bridgehead atoms. The number of nitro benzene ring substituents is 1. The predicted molar refractivity (Wildman–Crippen MR) is 117 cm³/mol. The molecule has 3 aromatic carbocycles. The summed E-state index contributed by atoms with van der Waals surface area (Å²) in [5.74, 6) is -0.554. The van der Waals surface area contributed by atoms with Crippen LogP contribution < -0.4 is 9.04 Å². The molecule has 0 aliphatic heterocycles. The third-order valence-electron chi connectivity index (χ3n) is 4.23. The van der Waals surface area contributed by atoms with Crippen molar-refractivity contribution in [2.24, 2.45) is 0 Å². The monoisotopic (exact) mass is 480 g/mol. The van der Waals surface area contributed by atoms with Crippen molar-refractivity contribution in [2.75, 3.05) is 11.4 Å². The van der Waals surface area contributed by atoms with E-state index in [-0.39, 0.29) is 21.2 Å². The van der Waals surface area contributed by atoms with E-state index in [9.17, 15) is 23.3 Å². The highest BCUT2D eigenvalue weighted by Gasteiger charge is 2.33. The number of nitro groups is 1. The second-order valence-electron chi connectivity index (χ2n) is 6.15. The molecule has 0 unspecified atom stereocenters. The number of methoxy groups -OCH3 is 1. The van der Waals surface area contributed by atoms with Crippen LogP contribution in [0.3, 0.4) is 0 Å². The Morgan fingerprint density at radius 3 is 2.16 bits per heavy atom. The Morgan fingerprint density at radius 1 is 1.00 bits per heavy atom. The zero-order valence-electron chi connectivity index (χ0n) is 15.9. The van der Waals surface area contributed by atoms with Crippen molar-refractivity contribution in [1.29, 1.82) is 0 Å². The van der Waals surface area contributed by atoms with Gasteiger partial charge in [0, 0.05) is 16.7 Å². The summed E-state index contributed by atoms with van der Waals surface area (Å²) in [4.78, 5) is 23.6. The van der Waals surface area contributed by atoms with E-state index in [1.165, 1.54) is 61.7 Å². The first-order valence-electron chi connectivity index (χ1n) is 8.58. The van der Waals surface area contributed by atoms with E-state index in [1.54, 1.807) is 0 Å². The molecule has 0 N–H and O–H groups in total. The summed E-state index contributed by atoms with van der Waals surface area (Å²) in [6.45, 7) is 0. The van der Waals surface area contributed by atoms with Gasteiger partial charge in [-0.15, -0.1) is 0 Å². The van der Waals surface area contributed by atoms with Crippen molar-refractivity contribution >= 4 is 50.5 Å². The number of carbonyl (C=O) groups excluding carboxylic acids is 1. The number of rotatable bonds is 6. The number of benzene rings is 3. The summed E-state index contributed by atoms with van der Waals surface area (Å²) in [6.07, 6.45) is 0. The molecule has 11 heteroatoms. The highest BCUT2D eigenvalue weighted by molar-refractivity contribution is 7.93. The molecule has 8 nitrogen and oxygen atoms in total. The summed E-state index contributed by atoms with van der Waals surface area (Å²) in [6, 6.07) is 14.3. The van der Waals surface area contributed by atoms with Crippen LogP contribution in [0.1, 0.15) is 10.4 Å². The Labute approximate surface area is 187 Å². The number of hydrogen-bond acceptors (Lipinski definition) is 6. The number of halogens is 2. The summed E-state index contributed by atoms with van der Waals surface area (Å²) >= 11 is 11.7. The van der Waals surface area contributed by atoms with Crippen molar-refractivity contribution in [3.63, 3.8) is 0 Å². The van der Waals surface area contributed by atoms with Gasteiger partial charge in [-0.3, -0.25) is 14.9 Å². The van der Waals surface area contributed by atoms with Gasteiger partial charge in [0.15, 0.2) is 0 Å². The van der Waals surface area contributed by atoms with Crippen molar-refractivity contribution < 1.29 is 22.9 Å². The fourth-order valence-corrected chi connectivity index (χ4v) is 4.42. The van der Waals surface area contributed by atoms with Crippen molar-refractivity contribution in [2.45, 2.75) is 4.90 Å². The maximum absolute atomic E-state index is 13.4. The van der Waals surface area contributed by atoms with Crippen LogP contribution in [-0.2, 0) is 10.0 Å². The van der Waals surface area contributed by atoms with Crippen LogP contribution in [0.15, 0.2) is 71.6 Å². The topological polar surface area (TPSA) is 107 Å². The number of nitrogens with zero attached hydrogens (tertiary/aromatic N) is 2. The van der Waals surface area contributed by atoms with Crippen molar-refractivity contribution in [1.82, 2.24) is 0 Å². The number of carbonyl (C=O) groups is 1. The SMILES string of the molecule is COc1ccc(N(C(=O)c2ccc(Cl)c([N+](=O)[O-])c2)S(=O)(=O)c2ccc(Cl)cc2)cc1. The molecule has 0 aliphatic rings. The van der Waals surface area contributed by atoms with E-state index in [0.717, 1.165) is 12.1 Å². The molecule has 0 saturated carbocycles. The van der Waals surface area contributed by atoms with Gasteiger partial charge in [-0.2, -0.15) is 4.31 Å². The summed E-state index contributed by atoms with van der Waals surface area (Å²) in [7, 11) is -2.96. The van der Waals surface area contributed by atoms with Gasteiger partial charge in [-0.1, -0.05) is 23.2 Å². The summed E-state index contributed by atoms with van der Waals surface area (Å²) in [5, 5.41) is 11.3. The van der Waals surface area contributed by atoms with Gasteiger partial charge < -0.3 is 4.74 Å². The molecular formula is C20H14Cl2N2O6S. The first-order valence-corrected chi connectivity index (χ1v) is 10.8. The fourth-order valence-electron chi connectivity index (χ4n) is 2.70. The average molecular weight is 481 g/mol. The number of anilines is 1. The number of sulfonamides is 1. The van der Waals surface area contributed by atoms with Gasteiger partial charge in [-0.05, 0) is 60.7 Å². The second kappa shape index (κ2) is 8.93. The van der Waals surface area contributed by atoms with Crippen LogP contribution >= 0.6 is 23.2 Å². The van der Waals surface area contributed by atoms with Crippen LogP contribution in [-0.4, -0.2) is 26.4 Å². The molecule has 0 spiro atoms. The van der Waals surface area contributed by atoms with E-state index in [4.69, 9.17) is 27.9 Å². The molecule has 0 atom stereocenters. The molecule has 3 aromatic rings. The smallest absolute Gasteiger partial charge is 0.288 e. The quantitative estimate of drug-likeness (QED) is 0.365. The van der Waals surface area contributed by atoms with E-state index in [2.05, 4.69) is 0 Å². The minimum absolute atomic E-state index is 0.0124. The van der Waals surface area contributed by atoms with E-state index in [0.29, 0.717) is 15.1 Å².